The molecule has 0 aromatic heterocycles. The molecule has 0 aliphatic rings. The van der Waals surface area contributed by atoms with Crippen LogP contribution in [-0.2, 0) is 10.3 Å². The molecule has 1 aromatic rings. The number of aliphatic hydroxyl groups is 1. The Hall–Kier alpha value is -1.39. The van der Waals surface area contributed by atoms with Crippen molar-refractivity contribution in [1.82, 2.24) is 5.32 Å². The molecule has 4 nitrogen and oxygen atoms in total. The number of benzene rings is 1. The largest absolute Gasteiger partial charge is 0.394 e. The highest BCUT2D eigenvalue weighted by Crippen LogP contribution is 2.21. The third-order valence-corrected chi connectivity index (χ3v) is 3.75. The summed E-state index contributed by atoms with van der Waals surface area (Å²) < 4.78 is 0. The van der Waals surface area contributed by atoms with Crippen LogP contribution in [0.1, 0.15) is 39.2 Å². The fourth-order valence-corrected chi connectivity index (χ4v) is 2.56. The second-order valence-electron chi connectivity index (χ2n) is 6.34. The van der Waals surface area contributed by atoms with E-state index in [2.05, 4.69) is 19.2 Å². The van der Waals surface area contributed by atoms with Gasteiger partial charge in [0.15, 0.2) is 0 Å². The van der Waals surface area contributed by atoms with Crippen molar-refractivity contribution in [3.8, 4) is 0 Å². The van der Waals surface area contributed by atoms with Gasteiger partial charge >= 0.3 is 0 Å². The first-order chi connectivity index (χ1) is 9.91. The number of rotatable bonds is 8. The van der Waals surface area contributed by atoms with Gasteiger partial charge in [-0.15, -0.1) is 0 Å². The van der Waals surface area contributed by atoms with Crippen molar-refractivity contribution >= 4 is 5.91 Å². The number of aliphatic hydroxyl groups excluding tert-OH is 1. The number of hydrogen-bond donors (Lipinski definition) is 3. The lowest BCUT2D eigenvalue weighted by Crippen LogP contribution is -2.47. The molecule has 0 aliphatic carbocycles. The van der Waals surface area contributed by atoms with E-state index in [9.17, 15) is 9.90 Å². The van der Waals surface area contributed by atoms with Crippen LogP contribution in [0.3, 0.4) is 0 Å². The van der Waals surface area contributed by atoms with Gasteiger partial charge in [-0.05, 0) is 37.3 Å². The van der Waals surface area contributed by atoms with E-state index >= 15 is 0 Å². The molecule has 0 spiro atoms. The maximum atomic E-state index is 12.3. The van der Waals surface area contributed by atoms with Crippen molar-refractivity contribution in [3.63, 3.8) is 0 Å². The van der Waals surface area contributed by atoms with Crippen molar-refractivity contribution in [2.45, 2.75) is 39.2 Å². The Labute approximate surface area is 127 Å². The molecule has 1 rings (SSSR count). The smallest absolute Gasteiger partial charge is 0.221 e. The number of amides is 1. The van der Waals surface area contributed by atoms with Crippen LogP contribution in [0.2, 0.25) is 0 Å². The molecule has 4 N–H and O–H groups in total. The monoisotopic (exact) mass is 292 g/mol. The SMILES string of the molecule is CC(C)C[C@H](CN)CC(=O)NC(C)(CO)c1ccccc1. The molecule has 0 radical (unpaired) electrons. The number of nitrogens with two attached hydrogens (primary N) is 1. The van der Waals surface area contributed by atoms with Crippen LogP contribution in [0, 0.1) is 11.8 Å². The highest BCUT2D eigenvalue weighted by atomic mass is 16.3. The maximum absolute atomic E-state index is 12.3. The van der Waals surface area contributed by atoms with Gasteiger partial charge in [0.2, 0.25) is 5.91 Å². The molecular weight excluding hydrogens is 264 g/mol. The number of nitrogens with one attached hydrogen (secondary N) is 1. The van der Waals surface area contributed by atoms with Crippen LogP contribution in [0.25, 0.3) is 0 Å². The lowest BCUT2D eigenvalue weighted by atomic mass is 9.90. The van der Waals surface area contributed by atoms with E-state index in [1.54, 1.807) is 0 Å². The molecule has 0 saturated carbocycles. The third kappa shape index (κ3) is 5.48. The van der Waals surface area contributed by atoms with Crippen molar-refractivity contribution in [2.24, 2.45) is 17.6 Å². The molecule has 4 heteroatoms. The normalized spacial score (nSPS) is 15.5. The van der Waals surface area contributed by atoms with Gasteiger partial charge in [0.25, 0.3) is 0 Å². The predicted molar refractivity (Wildman–Crippen MR) is 85.6 cm³/mol. The Bertz CT molecular complexity index is 434. The van der Waals surface area contributed by atoms with Crippen molar-refractivity contribution < 1.29 is 9.90 Å². The molecule has 2 atom stereocenters. The van der Waals surface area contributed by atoms with E-state index in [4.69, 9.17) is 5.73 Å². The van der Waals surface area contributed by atoms with Crippen LogP contribution in [0.5, 0.6) is 0 Å². The molecule has 0 bridgehead atoms. The topological polar surface area (TPSA) is 75.4 Å². The van der Waals surface area contributed by atoms with Crippen LogP contribution < -0.4 is 11.1 Å². The lowest BCUT2D eigenvalue weighted by molar-refractivity contribution is -0.124. The highest BCUT2D eigenvalue weighted by Gasteiger charge is 2.28. The summed E-state index contributed by atoms with van der Waals surface area (Å²) in [5.41, 5.74) is 5.89. The summed E-state index contributed by atoms with van der Waals surface area (Å²) in [6.45, 7) is 6.46. The molecule has 1 amide bonds. The molecule has 0 aliphatic heterocycles. The average molecular weight is 292 g/mol. The van der Waals surface area contributed by atoms with Gasteiger partial charge in [-0.25, -0.2) is 0 Å². The second kappa shape index (κ2) is 8.15. The van der Waals surface area contributed by atoms with Crippen molar-refractivity contribution in [1.29, 1.82) is 0 Å². The van der Waals surface area contributed by atoms with E-state index < -0.39 is 5.54 Å². The van der Waals surface area contributed by atoms with Crippen LogP contribution in [-0.4, -0.2) is 24.2 Å². The fourth-order valence-electron chi connectivity index (χ4n) is 2.56. The van der Waals surface area contributed by atoms with Crippen molar-refractivity contribution in [2.75, 3.05) is 13.2 Å². The van der Waals surface area contributed by atoms with Crippen LogP contribution >= 0.6 is 0 Å². The number of carbonyl (C=O) groups excluding carboxylic acids is 1. The van der Waals surface area contributed by atoms with E-state index in [0.717, 1.165) is 12.0 Å². The Morgan fingerprint density at radius 1 is 1.33 bits per heavy atom. The van der Waals surface area contributed by atoms with Gasteiger partial charge in [0.1, 0.15) is 0 Å². The molecule has 21 heavy (non-hydrogen) atoms. The molecule has 118 valence electrons. The second-order valence-corrected chi connectivity index (χ2v) is 6.34. The van der Waals surface area contributed by atoms with Gasteiger partial charge in [-0.2, -0.15) is 0 Å². The zero-order valence-corrected chi connectivity index (χ0v) is 13.3. The van der Waals surface area contributed by atoms with E-state index in [1.165, 1.54) is 0 Å². The third-order valence-electron chi connectivity index (χ3n) is 3.75. The summed E-state index contributed by atoms with van der Waals surface area (Å²) in [4.78, 5) is 12.3. The summed E-state index contributed by atoms with van der Waals surface area (Å²) in [5.74, 6) is 0.639. The molecule has 1 aromatic carbocycles. The van der Waals surface area contributed by atoms with Gasteiger partial charge < -0.3 is 16.2 Å². The highest BCUT2D eigenvalue weighted by molar-refractivity contribution is 5.77. The summed E-state index contributed by atoms with van der Waals surface area (Å²) >= 11 is 0. The van der Waals surface area contributed by atoms with Gasteiger partial charge in [0, 0.05) is 6.42 Å². The van der Waals surface area contributed by atoms with Gasteiger partial charge in [-0.1, -0.05) is 44.2 Å². The molecule has 1 unspecified atom stereocenters. The minimum absolute atomic E-state index is 0.0634. The summed E-state index contributed by atoms with van der Waals surface area (Å²) in [6, 6.07) is 9.53. The molecular formula is C17H28N2O2. The summed E-state index contributed by atoms with van der Waals surface area (Å²) in [6.07, 6.45) is 1.34. The zero-order valence-electron chi connectivity index (χ0n) is 13.3. The standard InChI is InChI=1S/C17H28N2O2/c1-13(2)9-14(11-18)10-16(21)19-17(3,12-20)15-7-5-4-6-8-15/h4-8,13-14,20H,9-12,18H2,1-3H3,(H,19,21)/t14-,17?/m0/s1. The first kappa shape index (κ1) is 17.7. The van der Waals surface area contributed by atoms with E-state index in [-0.39, 0.29) is 18.4 Å². The first-order valence-electron chi connectivity index (χ1n) is 7.58. The number of hydrogen-bond acceptors (Lipinski definition) is 3. The predicted octanol–water partition coefficient (Wildman–Crippen LogP) is 2.02. The first-order valence-corrected chi connectivity index (χ1v) is 7.58. The average Bonchev–Trinajstić information content (AvgIpc) is 2.46. The van der Waals surface area contributed by atoms with Crippen molar-refractivity contribution in [3.05, 3.63) is 35.9 Å². The maximum Gasteiger partial charge on any atom is 0.221 e. The molecule has 0 saturated heterocycles. The van der Waals surface area contributed by atoms with Gasteiger partial charge in [-0.3, -0.25) is 4.79 Å². The van der Waals surface area contributed by atoms with Crippen LogP contribution in [0.15, 0.2) is 30.3 Å². The molecule has 0 heterocycles. The van der Waals surface area contributed by atoms with E-state index in [1.807, 2.05) is 37.3 Å². The van der Waals surface area contributed by atoms with Gasteiger partial charge in [0.05, 0.1) is 12.1 Å². The van der Waals surface area contributed by atoms with Crippen LogP contribution in [0.4, 0.5) is 0 Å². The zero-order chi connectivity index (χ0) is 15.9. The minimum Gasteiger partial charge on any atom is -0.394 e. The lowest BCUT2D eigenvalue weighted by Gasteiger charge is -2.30. The Kier molecular flexibility index (Phi) is 6.85. The quantitative estimate of drug-likeness (QED) is 0.686. The Morgan fingerprint density at radius 2 is 1.95 bits per heavy atom. The molecule has 0 fully saturated rings. The van der Waals surface area contributed by atoms with E-state index in [0.29, 0.717) is 18.9 Å². The summed E-state index contributed by atoms with van der Waals surface area (Å²) in [5, 5.41) is 12.6. The fraction of sp³-hybridized carbons (Fsp3) is 0.588. The minimum atomic E-state index is -0.755. The Balaban J connectivity index is 2.70. The number of carbonyl (C=O) groups is 1. The summed E-state index contributed by atoms with van der Waals surface area (Å²) in [7, 11) is 0. The Morgan fingerprint density at radius 3 is 2.43 bits per heavy atom.